The van der Waals surface area contributed by atoms with Gasteiger partial charge in [-0.05, 0) is 18.8 Å². The van der Waals surface area contributed by atoms with E-state index in [9.17, 15) is 4.79 Å². The van der Waals surface area contributed by atoms with Gasteiger partial charge in [0.2, 0.25) is 0 Å². The molecule has 0 amide bonds. The largest absolute Gasteiger partial charge is 0.303 e. The molecule has 0 heterocycles. The van der Waals surface area contributed by atoms with Crippen molar-refractivity contribution in [3.05, 3.63) is 12.2 Å². The molecule has 2 atom stereocenters. The summed E-state index contributed by atoms with van der Waals surface area (Å²) in [6, 6.07) is 0. The molecule has 11 heavy (non-hydrogen) atoms. The number of rotatable bonds is 5. The molecule has 62 valence electrons. The normalized spacial score (nSPS) is 29.2. The van der Waals surface area contributed by atoms with Crippen LogP contribution in [0.5, 0.6) is 0 Å². The summed E-state index contributed by atoms with van der Waals surface area (Å²) in [5, 5.41) is 0. The predicted octanol–water partition coefficient (Wildman–Crippen LogP) is 2.57. The predicted molar refractivity (Wildman–Crippen MR) is 46.3 cm³/mol. The Morgan fingerprint density at radius 2 is 2.27 bits per heavy atom. The maximum atomic E-state index is 10.2. The summed E-state index contributed by atoms with van der Waals surface area (Å²) in [7, 11) is 0. The third-order valence-electron chi connectivity index (χ3n) is 2.17. The van der Waals surface area contributed by atoms with Crippen LogP contribution in [0.3, 0.4) is 0 Å². The monoisotopic (exact) mass is 152 g/mol. The van der Waals surface area contributed by atoms with Crippen LogP contribution in [0.4, 0.5) is 0 Å². The van der Waals surface area contributed by atoms with E-state index >= 15 is 0 Å². The van der Waals surface area contributed by atoms with Gasteiger partial charge in [-0.1, -0.05) is 31.9 Å². The number of hydrogen-bond donors (Lipinski definition) is 0. The number of hydrogen-bond acceptors (Lipinski definition) is 1. The third kappa shape index (κ3) is 2.87. The Morgan fingerprint density at radius 1 is 1.45 bits per heavy atom. The molecule has 0 aromatic rings. The van der Waals surface area contributed by atoms with E-state index in [4.69, 9.17) is 0 Å². The summed E-state index contributed by atoms with van der Waals surface area (Å²) in [4.78, 5) is 10.2. The maximum absolute atomic E-state index is 10.2. The minimum Gasteiger partial charge on any atom is -0.303 e. The van der Waals surface area contributed by atoms with E-state index in [0.29, 0.717) is 11.8 Å². The topological polar surface area (TPSA) is 17.1 Å². The van der Waals surface area contributed by atoms with Crippen molar-refractivity contribution in [2.24, 2.45) is 11.8 Å². The maximum Gasteiger partial charge on any atom is 0.123 e. The molecule has 0 spiro atoms. The Hall–Kier alpha value is -0.590. The molecule has 1 nitrogen and oxygen atoms in total. The standard InChI is InChI=1S/C10H16O/c1-2-3-4-5-6-9-7-10(9)8-11/h5-6,8-10H,2-4,7H2,1H3/b6-5-/t9-,10-/m1/s1. The van der Waals surface area contributed by atoms with Gasteiger partial charge < -0.3 is 4.79 Å². The highest BCUT2D eigenvalue weighted by molar-refractivity contribution is 5.59. The highest BCUT2D eigenvalue weighted by Gasteiger charge is 2.33. The molecule has 0 radical (unpaired) electrons. The van der Waals surface area contributed by atoms with Gasteiger partial charge >= 0.3 is 0 Å². The number of carbonyl (C=O) groups is 1. The van der Waals surface area contributed by atoms with Gasteiger partial charge in [-0.2, -0.15) is 0 Å². The molecular formula is C10H16O. The molecular weight excluding hydrogens is 136 g/mol. The number of aldehydes is 1. The first-order valence-corrected chi connectivity index (χ1v) is 4.50. The Morgan fingerprint density at radius 3 is 2.82 bits per heavy atom. The molecule has 0 aromatic carbocycles. The zero-order chi connectivity index (χ0) is 8.10. The second-order valence-electron chi connectivity index (χ2n) is 3.27. The van der Waals surface area contributed by atoms with E-state index in [1.54, 1.807) is 0 Å². The average molecular weight is 152 g/mol. The van der Waals surface area contributed by atoms with Gasteiger partial charge in [-0.3, -0.25) is 0 Å². The molecule has 0 unspecified atom stereocenters. The molecule has 1 saturated carbocycles. The summed E-state index contributed by atoms with van der Waals surface area (Å²) < 4.78 is 0. The smallest absolute Gasteiger partial charge is 0.123 e. The van der Waals surface area contributed by atoms with Crippen LogP contribution in [-0.4, -0.2) is 6.29 Å². The SMILES string of the molecule is CCCC/C=C\[C@@H]1C[C@@H]1C=O. The lowest BCUT2D eigenvalue weighted by atomic mass is 10.2. The number of allylic oxidation sites excluding steroid dienone is 2. The Bertz CT molecular complexity index is 149. The van der Waals surface area contributed by atoms with Gasteiger partial charge in [0.25, 0.3) is 0 Å². The van der Waals surface area contributed by atoms with Crippen molar-refractivity contribution in [3.8, 4) is 0 Å². The van der Waals surface area contributed by atoms with Crippen LogP contribution in [0.2, 0.25) is 0 Å². The zero-order valence-corrected chi connectivity index (χ0v) is 7.12. The van der Waals surface area contributed by atoms with E-state index in [1.807, 2.05) is 0 Å². The van der Waals surface area contributed by atoms with E-state index in [-0.39, 0.29) is 0 Å². The lowest BCUT2D eigenvalue weighted by Crippen LogP contribution is -1.77. The summed E-state index contributed by atoms with van der Waals surface area (Å²) in [5.41, 5.74) is 0. The van der Waals surface area contributed by atoms with E-state index in [2.05, 4.69) is 19.1 Å². The summed E-state index contributed by atoms with van der Waals surface area (Å²) in [6.45, 7) is 2.19. The Labute approximate surface area is 68.5 Å². The van der Waals surface area contributed by atoms with E-state index in [1.165, 1.54) is 19.3 Å². The fraction of sp³-hybridized carbons (Fsp3) is 0.700. The van der Waals surface area contributed by atoms with Gasteiger partial charge in [0.15, 0.2) is 0 Å². The summed E-state index contributed by atoms with van der Waals surface area (Å²) in [6.07, 6.45) is 10.3. The van der Waals surface area contributed by atoms with Gasteiger partial charge in [0.05, 0.1) is 0 Å². The summed E-state index contributed by atoms with van der Waals surface area (Å²) in [5.74, 6) is 0.942. The molecule has 1 aliphatic carbocycles. The van der Waals surface area contributed by atoms with Gasteiger partial charge in [-0.25, -0.2) is 0 Å². The first-order valence-electron chi connectivity index (χ1n) is 4.50. The second kappa shape index (κ2) is 4.32. The first-order chi connectivity index (χ1) is 5.38. The molecule has 0 N–H and O–H groups in total. The Balaban J connectivity index is 2.03. The fourth-order valence-electron chi connectivity index (χ4n) is 1.21. The molecule has 0 bridgehead atoms. The lowest BCUT2D eigenvalue weighted by Gasteiger charge is -1.87. The van der Waals surface area contributed by atoms with Crippen molar-refractivity contribution in [2.45, 2.75) is 32.6 Å². The van der Waals surface area contributed by atoms with Gasteiger partial charge in [-0.15, -0.1) is 0 Å². The van der Waals surface area contributed by atoms with Crippen LogP contribution in [0.25, 0.3) is 0 Å². The second-order valence-corrected chi connectivity index (χ2v) is 3.27. The quantitative estimate of drug-likeness (QED) is 0.336. The van der Waals surface area contributed by atoms with Gasteiger partial charge in [0.1, 0.15) is 6.29 Å². The van der Waals surface area contributed by atoms with Crippen LogP contribution in [0.15, 0.2) is 12.2 Å². The highest BCUT2D eigenvalue weighted by Crippen LogP contribution is 2.37. The van der Waals surface area contributed by atoms with E-state index < -0.39 is 0 Å². The van der Waals surface area contributed by atoms with Crippen molar-refractivity contribution in [3.63, 3.8) is 0 Å². The number of carbonyl (C=O) groups excluding carboxylic acids is 1. The van der Waals surface area contributed by atoms with E-state index in [0.717, 1.165) is 12.7 Å². The Kier molecular flexibility index (Phi) is 3.34. The summed E-state index contributed by atoms with van der Waals surface area (Å²) >= 11 is 0. The third-order valence-corrected chi connectivity index (χ3v) is 2.17. The molecule has 1 aliphatic rings. The van der Waals surface area contributed by atoms with Crippen LogP contribution in [0.1, 0.15) is 32.6 Å². The minimum absolute atomic E-state index is 0.355. The minimum atomic E-state index is 0.355. The molecule has 1 fully saturated rings. The first kappa shape index (κ1) is 8.51. The average Bonchev–Trinajstić information content (AvgIpc) is 2.77. The highest BCUT2D eigenvalue weighted by atomic mass is 16.1. The number of unbranched alkanes of at least 4 members (excludes halogenated alkanes) is 2. The molecule has 1 rings (SSSR count). The fourth-order valence-corrected chi connectivity index (χ4v) is 1.21. The lowest BCUT2D eigenvalue weighted by molar-refractivity contribution is -0.109. The van der Waals surface area contributed by atoms with Crippen molar-refractivity contribution >= 4 is 6.29 Å². The molecule has 0 aliphatic heterocycles. The molecule has 0 aromatic heterocycles. The molecule has 0 saturated heterocycles. The van der Waals surface area contributed by atoms with Crippen LogP contribution in [-0.2, 0) is 4.79 Å². The van der Waals surface area contributed by atoms with Crippen LogP contribution in [0, 0.1) is 11.8 Å². The van der Waals surface area contributed by atoms with Crippen molar-refractivity contribution in [2.75, 3.05) is 0 Å². The molecule has 1 heteroatoms. The van der Waals surface area contributed by atoms with Gasteiger partial charge in [0, 0.05) is 5.92 Å². The van der Waals surface area contributed by atoms with Crippen LogP contribution < -0.4 is 0 Å². The van der Waals surface area contributed by atoms with Crippen molar-refractivity contribution < 1.29 is 4.79 Å². The van der Waals surface area contributed by atoms with Crippen molar-refractivity contribution in [1.82, 2.24) is 0 Å². The van der Waals surface area contributed by atoms with Crippen molar-refractivity contribution in [1.29, 1.82) is 0 Å². The zero-order valence-electron chi connectivity index (χ0n) is 7.12. The van der Waals surface area contributed by atoms with Crippen LogP contribution >= 0.6 is 0 Å².